The van der Waals surface area contributed by atoms with E-state index in [-0.39, 0.29) is 0 Å². The van der Waals surface area contributed by atoms with Crippen molar-refractivity contribution >= 4 is 11.8 Å². The van der Waals surface area contributed by atoms with Crippen molar-refractivity contribution in [3.63, 3.8) is 0 Å². The molecule has 2 heterocycles. The van der Waals surface area contributed by atoms with Gasteiger partial charge in [0.05, 0.1) is 12.7 Å². The van der Waals surface area contributed by atoms with Gasteiger partial charge in [0, 0.05) is 30.9 Å². The van der Waals surface area contributed by atoms with Gasteiger partial charge in [-0.2, -0.15) is 11.8 Å². The molecule has 0 aromatic heterocycles. The third-order valence-electron chi connectivity index (χ3n) is 3.84. The monoisotopic (exact) mass is 258 g/mol. The maximum Gasteiger partial charge on any atom is 0.0826 e. The highest BCUT2D eigenvalue weighted by Gasteiger charge is 2.29. The standard InChI is InChI=1S/C13H26N2OS/c1-3-15-6-7-16-12(10-15)9-14-11-13(2)5-4-8-17-13/h12,14H,3-11H2,1-2H3. The normalized spacial score (nSPS) is 35.3. The lowest BCUT2D eigenvalue weighted by Crippen LogP contribution is -2.47. The van der Waals surface area contributed by atoms with E-state index in [1.165, 1.54) is 18.6 Å². The summed E-state index contributed by atoms with van der Waals surface area (Å²) in [6.07, 6.45) is 3.13. The van der Waals surface area contributed by atoms with Crippen LogP contribution in [0.3, 0.4) is 0 Å². The van der Waals surface area contributed by atoms with Crippen LogP contribution in [0.2, 0.25) is 0 Å². The number of hydrogen-bond acceptors (Lipinski definition) is 4. The Morgan fingerprint density at radius 3 is 3.12 bits per heavy atom. The summed E-state index contributed by atoms with van der Waals surface area (Å²) in [5.41, 5.74) is 0. The smallest absolute Gasteiger partial charge is 0.0826 e. The first-order chi connectivity index (χ1) is 8.22. The molecule has 0 aromatic rings. The lowest BCUT2D eigenvalue weighted by atomic mass is 10.1. The zero-order valence-corrected chi connectivity index (χ0v) is 12.0. The van der Waals surface area contributed by atoms with Crippen LogP contribution in [0.25, 0.3) is 0 Å². The number of nitrogens with one attached hydrogen (secondary N) is 1. The van der Waals surface area contributed by atoms with Crippen molar-refractivity contribution in [2.45, 2.75) is 37.5 Å². The molecule has 2 atom stereocenters. The summed E-state index contributed by atoms with van der Waals surface area (Å²) in [5, 5.41) is 3.61. The van der Waals surface area contributed by atoms with Gasteiger partial charge in [-0.1, -0.05) is 6.92 Å². The fourth-order valence-electron chi connectivity index (χ4n) is 2.66. The van der Waals surface area contributed by atoms with E-state index in [0.717, 1.165) is 39.3 Å². The lowest BCUT2D eigenvalue weighted by Gasteiger charge is -2.33. The van der Waals surface area contributed by atoms with E-state index in [9.17, 15) is 0 Å². The molecule has 2 saturated heterocycles. The fourth-order valence-corrected chi connectivity index (χ4v) is 3.94. The molecular weight excluding hydrogens is 232 g/mol. The van der Waals surface area contributed by atoms with Gasteiger partial charge >= 0.3 is 0 Å². The van der Waals surface area contributed by atoms with E-state index >= 15 is 0 Å². The van der Waals surface area contributed by atoms with Crippen molar-refractivity contribution in [1.82, 2.24) is 10.2 Å². The van der Waals surface area contributed by atoms with Gasteiger partial charge in [0.2, 0.25) is 0 Å². The average molecular weight is 258 g/mol. The van der Waals surface area contributed by atoms with E-state index in [1.807, 2.05) is 0 Å². The Kier molecular flexibility index (Phi) is 5.15. The third kappa shape index (κ3) is 4.12. The molecule has 4 heteroatoms. The highest BCUT2D eigenvalue weighted by Crippen LogP contribution is 2.36. The molecule has 2 fully saturated rings. The Hall–Kier alpha value is 0.230. The van der Waals surface area contributed by atoms with Crippen molar-refractivity contribution < 1.29 is 4.74 Å². The molecule has 17 heavy (non-hydrogen) atoms. The number of rotatable bonds is 5. The molecule has 0 spiro atoms. The first-order valence-electron chi connectivity index (χ1n) is 6.90. The van der Waals surface area contributed by atoms with Crippen LogP contribution in [0.5, 0.6) is 0 Å². The summed E-state index contributed by atoms with van der Waals surface area (Å²) in [6, 6.07) is 0. The molecule has 2 aliphatic rings. The third-order valence-corrected chi connectivity index (χ3v) is 5.38. The van der Waals surface area contributed by atoms with Crippen LogP contribution < -0.4 is 5.32 Å². The molecule has 0 radical (unpaired) electrons. The highest BCUT2D eigenvalue weighted by atomic mass is 32.2. The quantitative estimate of drug-likeness (QED) is 0.809. The van der Waals surface area contributed by atoms with Crippen molar-refractivity contribution in [2.24, 2.45) is 0 Å². The topological polar surface area (TPSA) is 24.5 Å². The number of hydrogen-bond donors (Lipinski definition) is 1. The van der Waals surface area contributed by atoms with Crippen LogP contribution in [0.15, 0.2) is 0 Å². The molecule has 0 bridgehead atoms. The zero-order chi connectivity index (χ0) is 12.1. The first kappa shape index (κ1) is 13.7. The van der Waals surface area contributed by atoms with Crippen molar-refractivity contribution in [2.75, 3.05) is 45.1 Å². The Morgan fingerprint density at radius 1 is 1.53 bits per heavy atom. The van der Waals surface area contributed by atoms with E-state index in [4.69, 9.17) is 4.74 Å². The minimum atomic E-state index is 0.388. The second kappa shape index (κ2) is 6.41. The van der Waals surface area contributed by atoms with E-state index in [1.54, 1.807) is 0 Å². The zero-order valence-electron chi connectivity index (χ0n) is 11.2. The molecule has 1 N–H and O–H groups in total. The number of ether oxygens (including phenoxy) is 1. The summed E-state index contributed by atoms with van der Waals surface area (Å²) in [5.74, 6) is 1.34. The number of morpholine rings is 1. The summed E-state index contributed by atoms with van der Waals surface area (Å²) in [7, 11) is 0. The summed E-state index contributed by atoms with van der Waals surface area (Å²) in [4.78, 5) is 2.47. The maximum absolute atomic E-state index is 5.80. The number of likely N-dealkylation sites (N-methyl/N-ethyl adjacent to an activating group) is 1. The number of thioether (sulfide) groups is 1. The van der Waals surface area contributed by atoms with Crippen molar-refractivity contribution in [3.05, 3.63) is 0 Å². The minimum absolute atomic E-state index is 0.388. The highest BCUT2D eigenvalue weighted by molar-refractivity contribution is 8.00. The SMILES string of the molecule is CCN1CCOC(CNCC2(C)CCCS2)C1. The largest absolute Gasteiger partial charge is 0.374 e. The molecule has 100 valence electrons. The summed E-state index contributed by atoms with van der Waals surface area (Å²) in [6.45, 7) is 11.0. The summed E-state index contributed by atoms with van der Waals surface area (Å²) < 4.78 is 6.27. The van der Waals surface area contributed by atoms with E-state index in [2.05, 4.69) is 35.8 Å². The van der Waals surface area contributed by atoms with Crippen LogP contribution in [-0.2, 0) is 4.74 Å². The molecule has 3 nitrogen and oxygen atoms in total. The Morgan fingerprint density at radius 2 is 2.41 bits per heavy atom. The van der Waals surface area contributed by atoms with Crippen molar-refractivity contribution in [3.8, 4) is 0 Å². The van der Waals surface area contributed by atoms with Crippen LogP contribution in [0, 0.1) is 0 Å². The second-order valence-corrected chi connectivity index (χ2v) is 7.10. The Bertz CT molecular complexity index is 231. The second-order valence-electron chi connectivity index (χ2n) is 5.42. The molecule has 0 saturated carbocycles. The van der Waals surface area contributed by atoms with Gasteiger partial charge in [-0.25, -0.2) is 0 Å². The van der Waals surface area contributed by atoms with E-state index < -0.39 is 0 Å². The molecular formula is C13H26N2OS. The lowest BCUT2D eigenvalue weighted by molar-refractivity contribution is -0.0253. The van der Waals surface area contributed by atoms with Gasteiger partial charge in [-0.3, -0.25) is 4.90 Å². The average Bonchev–Trinajstić information content (AvgIpc) is 2.77. The predicted molar refractivity (Wildman–Crippen MR) is 74.8 cm³/mol. The molecule has 0 aromatic carbocycles. The van der Waals surface area contributed by atoms with Gasteiger partial charge in [-0.05, 0) is 32.1 Å². The van der Waals surface area contributed by atoms with Crippen molar-refractivity contribution in [1.29, 1.82) is 0 Å². The Balaban J connectivity index is 1.64. The van der Waals surface area contributed by atoms with Gasteiger partial charge in [0.1, 0.15) is 0 Å². The molecule has 2 aliphatic heterocycles. The van der Waals surface area contributed by atoms with E-state index in [0.29, 0.717) is 10.9 Å². The van der Waals surface area contributed by atoms with Gasteiger partial charge < -0.3 is 10.1 Å². The van der Waals surface area contributed by atoms with Crippen LogP contribution in [0.1, 0.15) is 26.7 Å². The number of nitrogens with zero attached hydrogens (tertiary/aromatic N) is 1. The molecule has 0 amide bonds. The first-order valence-corrected chi connectivity index (χ1v) is 7.89. The van der Waals surface area contributed by atoms with Gasteiger partial charge in [-0.15, -0.1) is 0 Å². The van der Waals surface area contributed by atoms with Crippen LogP contribution in [-0.4, -0.2) is 60.8 Å². The summed E-state index contributed by atoms with van der Waals surface area (Å²) >= 11 is 2.12. The maximum atomic E-state index is 5.80. The van der Waals surface area contributed by atoms with Gasteiger partial charge in [0.15, 0.2) is 0 Å². The van der Waals surface area contributed by atoms with Gasteiger partial charge in [0.25, 0.3) is 0 Å². The Labute approximate surface area is 110 Å². The molecule has 2 rings (SSSR count). The molecule has 2 unspecified atom stereocenters. The molecule has 0 aliphatic carbocycles. The van der Waals surface area contributed by atoms with Crippen LogP contribution in [0.4, 0.5) is 0 Å². The fraction of sp³-hybridized carbons (Fsp3) is 1.00. The van der Waals surface area contributed by atoms with Crippen LogP contribution >= 0.6 is 11.8 Å². The predicted octanol–water partition coefficient (Wildman–Crippen LogP) is 1.58. The minimum Gasteiger partial charge on any atom is -0.374 e.